The Morgan fingerprint density at radius 2 is 1.68 bits per heavy atom. The molecular weight excluding hydrogens is 336 g/mol. The first-order chi connectivity index (χ1) is 11.6. The van der Waals surface area contributed by atoms with Gasteiger partial charge in [0, 0.05) is 18.3 Å². The molecular formula is C16H30O9. The molecule has 9 heteroatoms. The SMILES string of the molecule is CC(C)C(=O)C[C@@H](COC1OC(CO)C(O)C(O)C1O)[C@H](O)[C@@H](C)O. The van der Waals surface area contributed by atoms with E-state index in [0.29, 0.717) is 0 Å². The van der Waals surface area contributed by atoms with Gasteiger partial charge in [0.1, 0.15) is 30.2 Å². The van der Waals surface area contributed by atoms with Gasteiger partial charge >= 0.3 is 0 Å². The zero-order valence-corrected chi connectivity index (χ0v) is 14.7. The average Bonchev–Trinajstić information content (AvgIpc) is 2.56. The van der Waals surface area contributed by atoms with Crippen molar-refractivity contribution in [3.8, 4) is 0 Å². The van der Waals surface area contributed by atoms with Gasteiger partial charge in [-0.05, 0) is 6.92 Å². The lowest BCUT2D eigenvalue weighted by atomic mass is 9.90. The van der Waals surface area contributed by atoms with E-state index in [4.69, 9.17) is 14.6 Å². The summed E-state index contributed by atoms with van der Waals surface area (Å²) in [5.74, 6) is -1.12. The Morgan fingerprint density at radius 1 is 1.08 bits per heavy atom. The summed E-state index contributed by atoms with van der Waals surface area (Å²) in [6, 6.07) is 0. The van der Waals surface area contributed by atoms with Crippen LogP contribution < -0.4 is 0 Å². The van der Waals surface area contributed by atoms with E-state index in [1.807, 2.05) is 0 Å². The topological polar surface area (TPSA) is 157 Å². The highest BCUT2D eigenvalue weighted by Gasteiger charge is 2.44. The standard InChI is InChI=1S/C16H30O9/c1-7(2)10(19)4-9(12(20)8(3)18)6-24-16-15(23)14(22)13(21)11(5-17)25-16/h7-9,11-18,20-23H,4-6H2,1-3H3/t8-,9+,11?,12-,13?,14?,15?,16?/m1/s1. The summed E-state index contributed by atoms with van der Waals surface area (Å²) in [6.45, 7) is 3.99. The van der Waals surface area contributed by atoms with E-state index in [2.05, 4.69) is 0 Å². The molecule has 0 aromatic carbocycles. The number of hydrogen-bond donors (Lipinski definition) is 6. The Balaban J connectivity index is 2.75. The molecule has 0 aromatic rings. The molecule has 0 saturated carbocycles. The van der Waals surface area contributed by atoms with Gasteiger partial charge in [-0.15, -0.1) is 0 Å². The van der Waals surface area contributed by atoms with E-state index in [1.165, 1.54) is 6.92 Å². The molecule has 9 nitrogen and oxygen atoms in total. The van der Waals surface area contributed by atoms with E-state index in [9.17, 15) is 30.3 Å². The summed E-state index contributed by atoms with van der Waals surface area (Å²) in [7, 11) is 0. The molecule has 1 saturated heterocycles. The second-order valence-corrected chi connectivity index (χ2v) is 6.85. The Kier molecular flexibility index (Phi) is 8.85. The molecule has 0 amide bonds. The lowest BCUT2D eigenvalue weighted by Crippen LogP contribution is -2.59. The lowest BCUT2D eigenvalue weighted by Gasteiger charge is -2.40. The normalized spacial score (nSPS) is 33.9. The zero-order chi connectivity index (χ0) is 19.3. The molecule has 0 spiro atoms. The molecule has 0 radical (unpaired) electrons. The maximum atomic E-state index is 12.0. The van der Waals surface area contributed by atoms with E-state index in [0.717, 1.165) is 0 Å². The van der Waals surface area contributed by atoms with Crippen LogP contribution in [0.5, 0.6) is 0 Å². The molecule has 1 aliphatic rings. The highest BCUT2D eigenvalue weighted by Crippen LogP contribution is 2.24. The molecule has 0 aliphatic carbocycles. The Hall–Kier alpha value is -0.650. The number of aliphatic hydroxyl groups excluding tert-OH is 6. The van der Waals surface area contributed by atoms with E-state index >= 15 is 0 Å². The van der Waals surface area contributed by atoms with Crippen LogP contribution in [-0.4, -0.2) is 92.5 Å². The number of ether oxygens (including phenoxy) is 2. The Labute approximate surface area is 146 Å². The van der Waals surface area contributed by atoms with Crippen LogP contribution >= 0.6 is 0 Å². The predicted molar refractivity (Wildman–Crippen MR) is 85.4 cm³/mol. The fourth-order valence-electron chi connectivity index (χ4n) is 2.59. The smallest absolute Gasteiger partial charge is 0.186 e. The highest BCUT2D eigenvalue weighted by molar-refractivity contribution is 5.80. The van der Waals surface area contributed by atoms with Crippen LogP contribution in [0, 0.1) is 11.8 Å². The van der Waals surface area contributed by atoms with Crippen LogP contribution in [-0.2, 0) is 14.3 Å². The predicted octanol–water partition coefficient (Wildman–Crippen LogP) is -2.22. The maximum absolute atomic E-state index is 12.0. The molecule has 1 rings (SSSR count). The third kappa shape index (κ3) is 5.93. The first kappa shape index (κ1) is 22.4. The summed E-state index contributed by atoms with van der Waals surface area (Å²) in [5.41, 5.74) is 0. The molecule has 1 heterocycles. The van der Waals surface area contributed by atoms with Gasteiger partial charge in [-0.25, -0.2) is 0 Å². The average molecular weight is 366 g/mol. The van der Waals surface area contributed by atoms with Gasteiger partial charge in [-0.2, -0.15) is 0 Å². The van der Waals surface area contributed by atoms with Crippen molar-refractivity contribution < 1.29 is 44.9 Å². The monoisotopic (exact) mass is 366 g/mol. The first-order valence-corrected chi connectivity index (χ1v) is 8.41. The number of carbonyl (C=O) groups excluding carboxylic acids is 1. The van der Waals surface area contributed by atoms with Crippen LogP contribution in [0.1, 0.15) is 27.2 Å². The van der Waals surface area contributed by atoms with Gasteiger partial charge in [0.05, 0.1) is 25.4 Å². The quantitative estimate of drug-likeness (QED) is 0.266. The van der Waals surface area contributed by atoms with Crippen LogP contribution in [0.4, 0.5) is 0 Å². The van der Waals surface area contributed by atoms with Crippen LogP contribution in [0.2, 0.25) is 0 Å². The van der Waals surface area contributed by atoms with Gasteiger partial charge in [0.15, 0.2) is 6.29 Å². The molecule has 0 bridgehead atoms. The van der Waals surface area contributed by atoms with Crippen molar-refractivity contribution >= 4 is 5.78 Å². The fourth-order valence-corrected chi connectivity index (χ4v) is 2.59. The number of rotatable bonds is 9. The number of Topliss-reactive ketones (excluding diaryl/α,β-unsaturated/α-hetero) is 1. The fraction of sp³-hybridized carbons (Fsp3) is 0.938. The van der Waals surface area contributed by atoms with Gasteiger partial charge in [-0.3, -0.25) is 4.79 Å². The minimum atomic E-state index is -1.58. The number of carbonyl (C=O) groups is 1. The largest absolute Gasteiger partial charge is 0.394 e. The maximum Gasteiger partial charge on any atom is 0.186 e. The summed E-state index contributed by atoms with van der Waals surface area (Å²) in [6.07, 6.45) is -9.47. The van der Waals surface area contributed by atoms with E-state index < -0.39 is 55.4 Å². The minimum Gasteiger partial charge on any atom is -0.394 e. The number of hydrogen-bond acceptors (Lipinski definition) is 9. The molecule has 1 fully saturated rings. The lowest BCUT2D eigenvalue weighted by molar-refractivity contribution is -0.304. The number of aliphatic hydroxyl groups is 6. The molecule has 148 valence electrons. The van der Waals surface area contributed by atoms with Crippen molar-refractivity contribution in [3.05, 3.63) is 0 Å². The molecule has 0 aromatic heterocycles. The molecule has 6 N–H and O–H groups in total. The first-order valence-electron chi connectivity index (χ1n) is 8.41. The van der Waals surface area contributed by atoms with E-state index in [1.54, 1.807) is 13.8 Å². The van der Waals surface area contributed by atoms with Gasteiger partial charge in [0.25, 0.3) is 0 Å². The van der Waals surface area contributed by atoms with Gasteiger partial charge in [0.2, 0.25) is 0 Å². The third-order valence-corrected chi connectivity index (χ3v) is 4.41. The number of ketones is 1. The summed E-state index contributed by atoms with van der Waals surface area (Å²) >= 11 is 0. The van der Waals surface area contributed by atoms with Crippen molar-refractivity contribution in [2.75, 3.05) is 13.2 Å². The highest BCUT2D eigenvalue weighted by atomic mass is 16.7. The van der Waals surface area contributed by atoms with Crippen molar-refractivity contribution in [1.82, 2.24) is 0 Å². The molecule has 1 aliphatic heterocycles. The van der Waals surface area contributed by atoms with Crippen molar-refractivity contribution in [2.24, 2.45) is 11.8 Å². The van der Waals surface area contributed by atoms with Crippen molar-refractivity contribution in [1.29, 1.82) is 0 Å². The van der Waals surface area contributed by atoms with Crippen molar-refractivity contribution in [3.63, 3.8) is 0 Å². The van der Waals surface area contributed by atoms with Gasteiger partial charge < -0.3 is 40.1 Å². The summed E-state index contributed by atoms with van der Waals surface area (Å²) in [5, 5.41) is 58.2. The van der Waals surface area contributed by atoms with Crippen LogP contribution in [0.25, 0.3) is 0 Å². The minimum absolute atomic E-state index is 0.0405. The van der Waals surface area contributed by atoms with E-state index in [-0.39, 0.29) is 24.7 Å². The van der Waals surface area contributed by atoms with Crippen molar-refractivity contribution in [2.45, 2.75) is 70.1 Å². The second kappa shape index (κ2) is 9.89. The molecule has 25 heavy (non-hydrogen) atoms. The summed E-state index contributed by atoms with van der Waals surface area (Å²) < 4.78 is 10.6. The zero-order valence-electron chi connectivity index (χ0n) is 14.7. The summed E-state index contributed by atoms with van der Waals surface area (Å²) in [4.78, 5) is 12.0. The second-order valence-electron chi connectivity index (χ2n) is 6.85. The van der Waals surface area contributed by atoms with Crippen LogP contribution in [0.15, 0.2) is 0 Å². The Morgan fingerprint density at radius 3 is 2.16 bits per heavy atom. The van der Waals surface area contributed by atoms with Crippen LogP contribution in [0.3, 0.4) is 0 Å². The molecule has 5 unspecified atom stereocenters. The third-order valence-electron chi connectivity index (χ3n) is 4.41. The Bertz CT molecular complexity index is 412. The van der Waals surface area contributed by atoms with Gasteiger partial charge in [-0.1, -0.05) is 13.8 Å². The molecule has 8 atom stereocenters.